The minimum absolute atomic E-state index is 0.143. The Hall–Kier alpha value is -2.11. The third kappa shape index (κ3) is 4.38. The van der Waals surface area contributed by atoms with Gasteiger partial charge in [0.25, 0.3) is 17.5 Å². The Balaban J connectivity index is 1.50. The SMILES string of the molecule is CO[C@@]1(NC(=O)C[S+]([O-])c2ccsc2)C(=O)N2C(C(=O)O)=C(CSc3nnnn3C)CS[C@H]21. The monoisotopic (exact) mass is 530 g/mol. The van der Waals surface area contributed by atoms with Gasteiger partial charge in [-0.2, -0.15) is 0 Å². The zero-order chi connectivity index (χ0) is 23.8. The average molecular weight is 531 g/mol. The first-order chi connectivity index (χ1) is 15.8. The van der Waals surface area contributed by atoms with Crippen LogP contribution in [0.25, 0.3) is 0 Å². The summed E-state index contributed by atoms with van der Waals surface area (Å²) in [5.74, 6) is -2.36. The number of aromatic nitrogens is 4. The Kier molecular flexibility index (Phi) is 7.01. The highest BCUT2D eigenvalue weighted by Crippen LogP contribution is 2.47. The number of fused-ring (bicyclic) bond motifs is 1. The summed E-state index contributed by atoms with van der Waals surface area (Å²) in [5.41, 5.74) is -1.34. The minimum Gasteiger partial charge on any atom is -0.611 e. The molecule has 0 bridgehead atoms. The number of nitrogens with zero attached hydrogens (tertiary/aromatic N) is 5. The number of ether oxygens (including phenoxy) is 1. The summed E-state index contributed by atoms with van der Waals surface area (Å²) >= 11 is 2.32. The molecule has 0 saturated carbocycles. The summed E-state index contributed by atoms with van der Waals surface area (Å²) in [6.07, 6.45) is 0. The van der Waals surface area contributed by atoms with Gasteiger partial charge in [0.1, 0.15) is 11.1 Å². The number of carbonyl (C=O) groups excluding carboxylic acids is 2. The number of carboxylic acids is 1. The van der Waals surface area contributed by atoms with E-state index in [1.807, 2.05) is 0 Å². The smallest absolute Gasteiger partial charge is 0.352 e. The molecule has 2 aromatic heterocycles. The Labute approximate surface area is 203 Å². The molecule has 2 aliphatic heterocycles. The number of carbonyl (C=O) groups is 3. The minimum atomic E-state index is -1.73. The molecule has 12 nitrogen and oxygen atoms in total. The third-order valence-electron chi connectivity index (χ3n) is 4.94. The summed E-state index contributed by atoms with van der Waals surface area (Å²) in [7, 11) is 2.93. The number of thioether (sulfide) groups is 2. The summed E-state index contributed by atoms with van der Waals surface area (Å²) in [6, 6.07) is 1.66. The van der Waals surface area contributed by atoms with Gasteiger partial charge >= 0.3 is 5.97 Å². The molecule has 1 fully saturated rings. The number of carboxylic acid groups (broad SMARTS) is 1. The zero-order valence-electron chi connectivity index (χ0n) is 17.3. The maximum absolute atomic E-state index is 13.1. The van der Waals surface area contributed by atoms with Crippen molar-refractivity contribution in [3.63, 3.8) is 0 Å². The molecular weight excluding hydrogens is 512 g/mol. The van der Waals surface area contributed by atoms with Crippen molar-refractivity contribution in [3.8, 4) is 0 Å². The van der Waals surface area contributed by atoms with Crippen LogP contribution < -0.4 is 5.32 Å². The summed E-state index contributed by atoms with van der Waals surface area (Å²) in [6.45, 7) is 0. The lowest BCUT2D eigenvalue weighted by molar-refractivity contribution is -0.192. The summed E-state index contributed by atoms with van der Waals surface area (Å²) in [5, 5.41) is 26.7. The van der Waals surface area contributed by atoms with Crippen LogP contribution in [0.1, 0.15) is 0 Å². The van der Waals surface area contributed by atoms with Gasteiger partial charge in [-0.1, -0.05) is 11.8 Å². The molecule has 2 aromatic rings. The zero-order valence-corrected chi connectivity index (χ0v) is 20.6. The normalized spacial score (nSPS) is 23.2. The largest absolute Gasteiger partial charge is 0.611 e. The molecule has 33 heavy (non-hydrogen) atoms. The van der Waals surface area contributed by atoms with Gasteiger partial charge in [0, 0.05) is 37.1 Å². The average Bonchev–Trinajstić information content (AvgIpc) is 3.47. The molecule has 0 radical (unpaired) electrons. The molecule has 4 rings (SSSR count). The number of β-lactam (4-membered cyclic amide) rings is 1. The van der Waals surface area contributed by atoms with Crippen molar-refractivity contribution < 1.29 is 28.8 Å². The van der Waals surface area contributed by atoms with Crippen molar-refractivity contribution in [1.82, 2.24) is 30.4 Å². The second-order valence-electron chi connectivity index (χ2n) is 6.91. The molecule has 0 aromatic carbocycles. The van der Waals surface area contributed by atoms with E-state index in [1.165, 1.54) is 46.7 Å². The predicted octanol–water partition coefficient (Wildman–Crippen LogP) is -0.116. The second-order valence-corrected chi connectivity index (χ2v) is 11.1. The number of aryl methyl sites for hydroxylation is 1. The molecule has 0 aliphatic carbocycles. The number of methoxy groups -OCH3 is 1. The Bertz CT molecular complexity index is 1110. The second kappa shape index (κ2) is 9.63. The van der Waals surface area contributed by atoms with Gasteiger partial charge in [0.2, 0.25) is 5.16 Å². The molecule has 1 saturated heterocycles. The number of thiophene rings is 1. The lowest BCUT2D eigenvalue weighted by atomic mass is 9.98. The number of hydrogen-bond acceptors (Lipinski definition) is 11. The van der Waals surface area contributed by atoms with Gasteiger partial charge in [-0.15, -0.1) is 28.2 Å². The number of rotatable bonds is 9. The van der Waals surface area contributed by atoms with E-state index in [0.29, 0.717) is 21.4 Å². The lowest BCUT2D eigenvalue weighted by Gasteiger charge is -2.55. The highest BCUT2D eigenvalue weighted by atomic mass is 32.2. The number of nitrogens with one attached hydrogen (secondary N) is 1. The van der Waals surface area contributed by atoms with Crippen LogP contribution in [0.2, 0.25) is 0 Å². The Morgan fingerprint density at radius 2 is 2.30 bits per heavy atom. The summed E-state index contributed by atoms with van der Waals surface area (Å²) < 4.78 is 19.2. The van der Waals surface area contributed by atoms with Gasteiger partial charge in [-0.3, -0.25) is 14.5 Å². The molecular formula is C17H18N6O6S4. The van der Waals surface area contributed by atoms with Crippen LogP contribution in [0.3, 0.4) is 0 Å². The van der Waals surface area contributed by atoms with E-state index in [4.69, 9.17) is 4.74 Å². The van der Waals surface area contributed by atoms with Crippen molar-refractivity contribution >= 4 is 63.8 Å². The molecule has 2 amide bonds. The fourth-order valence-corrected chi connectivity index (χ4v) is 7.70. The first-order valence-electron chi connectivity index (χ1n) is 9.31. The maximum atomic E-state index is 13.1. The molecule has 2 N–H and O–H groups in total. The van der Waals surface area contributed by atoms with Crippen LogP contribution in [-0.2, 0) is 37.3 Å². The van der Waals surface area contributed by atoms with E-state index >= 15 is 0 Å². The molecule has 3 atom stereocenters. The van der Waals surface area contributed by atoms with Gasteiger partial charge in [-0.25, -0.2) is 9.48 Å². The number of aliphatic carboxylic acids is 1. The first-order valence-corrected chi connectivity index (χ1v) is 13.6. The van der Waals surface area contributed by atoms with E-state index in [2.05, 4.69) is 20.8 Å². The van der Waals surface area contributed by atoms with Crippen LogP contribution in [0.5, 0.6) is 0 Å². The van der Waals surface area contributed by atoms with Crippen LogP contribution in [-0.4, -0.2) is 88.0 Å². The number of hydrogen-bond donors (Lipinski definition) is 2. The van der Waals surface area contributed by atoms with Crippen LogP contribution >= 0.6 is 34.9 Å². The topological polar surface area (TPSA) is 163 Å². The fourth-order valence-electron chi connectivity index (χ4n) is 3.38. The third-order valence-corrected chi connectivity index (χ3v) is 9.54. The Morgan fingerprint density at radius 3 is 2.91 bits per heavy atom. The van der Waals surface area contributed by atoms with Crippen molar-refractivity contribution in [2.75, 3.05) is 24.4 Å². The van der Waals surface area contributed by atoms with Crippen molar-refractivity contribution in [3.05, 3.63) is 28.1 Å². The Morgan fingerprint density at radius 1 is 1.52 bits per heavy atom. The van der Waals surface area contributed by atoms with Crippen LogP contribution in [0.15, 0.2) is 38.1 Å². The molecule has 0 spiro atoms. The molecule has 2 aliphatic rings. The highest BCUT2D eigenvalue weighted by molar-refractivity contribution is 8.01. The fraction of sp³-hybridized carbons (Fsp3) is 0.412. The molecule has 1 unspecified atom stereocenters. The van der Waals surface area contributed by atoms with Gasteiger partial charge in [0.05, 0.1) is 0 Å². The molecule has 16 heteroatoms. The standard InChI is InChI=1S/C17H18N6O6S4/c1-22-16(19-20-21-22)32-6-9-5-31-15-17(29-2,14(27)23(15)12(9)13(25)26)18-11(24)8-33(28)10-3-4-30-7-10/h3-4,7,15H,5-6,8H2,1-2H3,(H,18,24)(H,25,26)/t15-,17-,33?/m0/s1. The van der Waals surface area contributed by atoms with Gasteiger partial charge in [0.15, 0.2) is 10.6 Å². The molecule has 176 valence electrons. The van der Waals surface area contributed by atoms with Gasteiger partial charge < -0.3 is 19.7 Å². The quantitative estimate of drug-likeness (QED) is 0.192. The maximum Gasteiger partial charge on any atom is 0.352 e. The van der Waals surface area contributed by atoms with E-state index in [9.17, 15) is 24.0 Å². The van der Waals surface area contributed by atoms with E-state index in [-0.39, 0.29) is 17.2 Å². The van der Waals surface area contributed by atoms with Crippen molar-refractivity contribution in [2.24, 2.45) is 7.05 Å². The number of amides is 2. The predicted molar refractivity (Wildman–Crippen MR) is 121 cm³/mol. The lowest BCUT2D eigenvalue weighted by Crippen LogP contribution is -2.81. The van der Waals surface area contributed by atoms with E-state index in [1.54, 1.807) is 23.9 Å². The van der Waals surface area contributed by atoms with Crippen molar-refractivity contribution in [1.29, 1.82) is 0 Å². The summed E-state index contributed by atoms with van der Waals surface area (Å²) in [4.78, 5) is 39.4. The van der Waals surface area contributed by atoms with Crippen molar-refractivity contribution in [2.45, 2.75) is 21.2 Å². The van der Waals surface area contributed by atoms with Crippen LogP contribution in [0, 0.1) is 0 Å². The van der Waals surface area contributed by atoms with Gasteiger partial charge in [-0.05, 0) is 32.6 Å². The van der Waals surface area contributed by atoms with E-state index < -0.39 is 40.1 Å². The van der Waals surface area contributed by atoms with Crippen LogP contribution in [0.4, 0.5) is 0 Å². The number of tetrazole rings is 1. The van der Waals surface area contributed by atoms with E-state index in [0.717, 1.165) is 4.90 Å². The molecule has 4 heterocycles. The highest BCUT2D eigenvalue weighted by Gasteiger charge is 2.66. The first kappa shape index (κ1) is 24.0.